The standard InChI is InChI=1S/C14H25NO2/c1-9(2)10(3)6-14(16)17-13-7-11-4-5-12(8-13)15-11/h9-13,15H,4-8H2,1-3H3/t10-,11-,12+,13?/m1/s1. The highest BCUT2D eigenvalue weighted by atomic mass is 16.5. The Kier molecular flexibility index (Phi) is 4.08. The van der Waals surface area contributed by atoms with Gasteiger partial charge in [0.1, 0.15) is 6.10 Å². The number of piperidine rings is 1. The van der Waals surface area contributed by atoms with Gasteiger partial charge in [-0.25, -0.2) is 0 Å². The average molecular weight is 239 g/mol. The zero-order valence-corrected chi connectivity index (χ0v) is 11.2. The Hall–Kier alpha value is -0.570. The van der Waals surface area contributed by atoms with E-state index >= 15 is 0 Å². The lowest BCUT2D eigenvalue weighted by Crippen LogP contribution is -2.42. The van der Waals surface area contributed by atoms with Crippen molar-refractivity contribution in [1.29, 1.82) is 0 Å². The van der Waals surface area contributed by atoms with Crippen LogP contribution in [0.4, 0.5) is 0 Å². The lowest BCUT2D eigenvalue weighted by molar-refractivity contribution is -0.152. The Balaban J connectivity index is 1.75. The molecule has 2 heterocycles. The Morgan fingerprint density at radius 2 is 1.82 bits per heavy atom. The number of esters is 1. The molecule has 3 nitrogen and oxygen atoms in total. The van der Waals surface area contributed by atoms with Crippen molar-refractivity contribution >= 4 is 5.97 Å². The Bertz CT molecular complexity index is 265. The van der Waals surface area contributed by atoms with Crippen LogP contribution in [0.5, 0.6) is 0 Å². The summed E-state index contributed by atoms with van der Waals surface area (Å²) < 4.78 is 5.61. The van der Waals surface area contributed by atoms with Crippen molar-refractivity contribution in [1.82, 2.24) is 5.32 Å². The number of rotatable bonds is 4. The number of carbonyl (C=O) groups is 1. The van der Waals surface area contributed by atoms with Crippen molar-refractivity contribution in [2.75, 3.05) is 0 Å². The number of ether oxygens (including phenoxy) is 1. The van der Waals surface area contributed by atoms with Crippen LogP contribution in [0.15, 0.2) is 0 Å². The summed E-state index contributed by atoms with van der Waals surface area (Å²) in [5.74, 6) is 0.963. The molecule has 0 amide bonds. The molecule has 1 N–H and O–H groups in total. The minimum atomic E-state index is -0.00231. The topological polar surface area (TPSA) is 38.3 Å². The van der Waals surface area contributed by atoms with Gasteiger partial charge in [-0.1, -0.05) is 20.8 Å². The molecular formula is C14H25NO2. The number of carbonyl (C=O) groups excluding carboxylic acids is 1. The van der Waals surface area contributed by atoms with E-state index in [-0.39, 0.29) is 12.1 Å². The summed E-state index contributed by atoms with van der Waals surface area (Å²) in [6.07, 6.45) is 5.26. The van der Waals surface area contributed by atoms with E-state index in [9.17, 15) is 4.79 Å². The third-order valence-electron chi connectivity index (χ3n) is 4.35. The molecule has 98 valence electrons. The van der Waals surface area contributed by atoms with Crippen LogP contribution in [-0.2, 0) is 9.53 Å². The van der Waals surface area contributed by atoms with Crippen LogP contribution in [0, 0.1) is 11.8 Å². The molecule has 1 unspecified atom stereocenters. The molecule has 0 aliphatic carbocycles. The molecule has 2 fully saturated rings. The largest absolute Gasteiger partial charge is 0.462 e. The third kappa shape index (κ3) is 3.44. The molecule has 2 bridgehead atoms. The van der Waals surface area contributed by atoms with Crippen molar-refractivity contribution in [3.05, 3.63) is 0 Å². The zero-order chi connectivity index (χ0) is 12.4. The van der Waals surface area contributed by atoms with Crippen molar-refractivity contribution in [2.45, 2.75) is 71.1 Å². The summed E-state index contributed by atoms with van der Waals surface area (Å²) in [5, 5.41) is 3.56. The van der Waals surface area contributed by atoms with Gasteiger partial charge in [-0.15, -0.1) is 0 Å². The van der Waals surface area contributed by atoms with E-state index in [2.05, 4.69) is 26.1 Å². The van der Waals surface area contributed by atoms with Crippen molar-refractivity contribution < 1.29 is 9.53 Å². The molecule has 2 aliphatic rings. The number of hydrogen-bond acceptors (Lipinski definition) is 3. The first-order chi connectivity index (χ1) is 8.04. The number of fused-ring (bicyclic) bond motifs is 2. The van der Waals surface area contributed by atoms with Gasteiger partial charge in [0.05, 0.1) is 0 Å². The highest BCUT2D eigenvalue weighted by Crippen LogP contribution is 2.29. The van der Waals surface area contributed by atoms with E-state index in [1.807, 2.05) is 0 Å². The quantitative estimate of drug-likeness (QED) is 0.766. The second kappa shape index (κ2) is 5.38. The maximum Gasteiger partial charge on any atom is 0.306 e. The van der Waals surface area contributed by atoms with Crippen molar-refractivity contribution in [3.8, 4) is 0 Å². The van der Waals surface area contributed by atoms with Crippen LogP contribution in [0.1, 0.15) is 52.9 Å². The number of nitrogens with one attached hydrogen (secondary N) is 1. The zero-order valence-electron chi connectivity index (χ0n) is 11.2. The van der Waals surface area contributed by atoms with E-state index in [1.165, 1.54) is 12.8 Å². The van der Waals surface area contributed by atoms with E-state index in [0.29, 0.717) is 30.3 Å². The molecule has 2 saturated heterocycles. The maximum absolute atomic E-state index is 11.8. The predicted molar refractivity (Wildman–Crippen MR) is 67.7 cm³/mol. The summed E-state index contributed by atoms with van der Waals surface area (Å²) >= 11 is 0. The monoisotopic (exact) mass is 239 g/mol. The molecule has 2 aliphatic heterocycles. The molecule has 0 spiro atoms. The Labute approximate surface area is 104 Å². The third-order valence-corrected chi connectivity index (χ3v) is 4.35. The normalized spacial score (nSPS) is 33.8. The molecule has 0 radical (unpaired) electrons. The minimum absolute atomic E-state index is 0.00231. The molecule has 4 atom stereocenters. The van der Waals surface area contributed by atoms with Crippen molar-refractivity contribution in [3.63, 3.8) is 0 Å². The van der Waals surface area contributed by atoms with Gasteiger partial charge in [0.2, 0.25) is 0 Å². The van der Waals surface area contributed by atoms with E-state index in [1.54, 1.807) is 0 Å². The molecule has 0 aromatic heterocycles. The summed E-state index contributed by atoms with van der Waals surface area (Å²) in [4.78, 5) is 11.8. The predicted octanol–water partition coefficient (Wildman–Crippen LogP) is 2.49. The van der Waals surface area contributed by atoms with Gasteiger partial charge >= 0.3 is 5.97 Å². The van der Waals surface area contributed by atoms with Gasteiger partial charge in [-0.2, -0.15) is 0 Å². The Morgan fingerprint density at radius 3 is 2.35 bits per heavy atom. The van der Waals surface area contributed by atoms with Crippen LogP contribution >= 0.6 is 0 Å². The molecule has 0 aromatic carbocycles. The van der Waals surface area contributed by atoms with Crippen LogP contribution in [-0.4, -0.2) is 24.2 Å². The molecule has 17 heavy (non-hydrogen) atoms. The number of hydrogen-bond donors (Lipinski definition) is 1. The summed E-state index contributed by atoms with van der Waals surface area (Å²) in [6.45, 7) is 6.43. The second-order valence-corrected chi connectivity index (χ2v) is 6.15. The summed E-state index contributed by atoms with van der Waals surface area (Å²) in [5.41, 5.74) is 0. The Morgan fingerprint density at radius 1 is 1.24 bits per heavy atom. The van der Waals surface area contributed by atoms with Crippen LogP contribution in [0.2, 0.25) is 0 Å². The minimum Gasteiger partial charge on any atom is -0.462 e. The summed E-state index contributed by atoms with van der Waals surface area (Å²) in [7, 11) is 0. The van der Waals surface area contributed by atoms with Crippen molar-refractivity contribution in [2.24, 2.45) is 11.8 Å². The van der Waals surface area contributed by atoms with Crippen LogP contribution < -0.4 is 5.32 Å². The molecule has 2 rings (SSSR count). The lowest BCUT2D eigenvalue weighted by Gasteiger charge is -2.29. The van der Waals surface area contributed by atoms with Gasteiger partial charge in [0.25, 0.3) is 0 Å². The average Bonchev–Trinajstić information content (AvgIpc) is 2.57. The summed E-state index contributed by atoms with van der Waals surface area (Å²) in [6, 6.07) is 1.18. The first kappa shape index (κ1) is 12.9. The maximum atomic E-state index is 11.8. The van der Waals surface area contributed by atoms with Crippen LogP contribution in [0.3, 0.4) is 0 Å². The van der Waals surface area contributed by atoms with Gasteiger partial charge < -0.3 is 10.1 Å². The fraction of sp³-hybridized carbons (Fsp3) is 0.929. The first-order valence-electron chi connectivity index (χ1n) is 7.00. The van der Waals surface area contributed by atoms with Gasteiger partial charge in [0.15, 0.2) is 0 Å². The van der Waals surface area contributed by atoms with Crippen LogP contribution in [0.25, 0.3) is 0 Å². The first-order valence-corrected chi connectivity index (χ1v) is 7.00. The van der Waals surface area contributed by atoms with Gasteiger partial charge in [-0.05, 0) is 37.5 Å². The van der Waals surface area contributed by atoms with E-state index in [4.69, 9.17) is 4.74 Å². The fourth-order valence-corrected chi connectivity index (χ4v) is 2.83. The molecule has 0 saturated carbocycles. The van der Waals surface area contributed by atoms with Gasteiger partial charge in [-0.3, -0.25) is 4.79 Å². The van der Waals surface area contributed by atoms with Gasteiger partial charge in [0, 0.05) is 18.5 Å². The lowest BCUT2D eigenvalue weighted by atomic mass is 9.95. The smallest absolute Gasteiger partial charge is 0.306 e. The highest BCUT2D eigenvalue weighted by molar-refractivity contribution is 5.69. The van der Waals surface area contributed by atoms with E-state index in [0.717, 1.165) is 12.8 Å². The highest BCUT2D eigenvalue weighted by Gasteiger charge is 2.35. The molecule has 3 heteroatoms. The second-order valence-electron chi connectivity index (χ2n) is 6.15. The van der Waals surface area contributed by atoms with E-state index < -0.39 is 0 Å². The SMILES string of the molecule is CC(C)[C@H](C)CC(=O)OC1C[C@H]2CC[C@@H](C1)N2. The fourth-order valence-electron chi connectivity index (χ4n) is 2.83. The molecular weight excluding hydrogens is 214 g/mol. The molecule has 0 aromatic rings.